The van der Waals surface area contributed by atoms with Crippen molar-refractivity contribution in [2.24, 2.45) is 0 Å². The van der Waals surface area contributed by atoms with E-state index in [9.17, 15) is 9.59 Å². The van der Waals surface area contributed by atoms with Gasteiger partial charge in [0.15, 0.2) is 5.82 Å². The van der Waals surface area contributed by atoms with E-state index in [1.165, 1.54) is 6.42 Å². The summed E-state index contributed by atoms with van der Waals surface area (Å²) < 4.78 is 12.4. The average molecular weight is 625 g/mol. The summed E-state index contributed by atoms with van der Waals surface area (Å²) in [4.78, 5) is 33.0. The third-order valence-electron chi connectivity index (χ3n) is 7.63. The maximum absolute atomic E-state index is 13.9. The van der Waals surface area contributed by atoms with Gasteiger partial charge in [0.2, 0.25) is 0 Å². The molecule has 0 atom stereocenters. The van der Waals surface area contributed by atoms with Crippen LogP contribution in [0, 0.1) is 6.92 Å². The molecule has 1 saturated carbocycles. The Labute approximate surface area is 285 Å². The predicted molar refractivity (Wildman–Crippen MR) is 171 cm³/mol. The molecule has 8 nitrogen and oxygen atoms in total. The Bertz CT molecular complexity index is 1790. The summed E-state index contributed by atoms with van der Waals surface area (Å²) in [7, 11) is 0. The summed E-state index contributed by atoms with van der Waals surface area (Å²) in [5.74, 6) is 1.29. The summed E-state index contributed by atoms with van der Waals surface area (Å²) in [6.07, 6.45) is 5.83. The Morgan fingerprint density at radius 3 is 2.28 bits per heavy atom. The fraction of sp³-hybridized carbons (Fsp3) is 0.273. The maximum Gasteiger partial charge on any atom is 0.439 e. The Hall–Kier alpha value is -3.17. The minimum Gasteiger partial charge on any atom is -0.490 e. The molecule has 0 spiro atoms. The van der Waals surface area contributed by atoms with Gasteiger partial charge >= 0.3 is 5.76 Å². The number of ether oxygens (including phenoxy) is 1. The number of hydrogen-bond acceptors (Lipinski definition) is 6. The molecule has 0 aliphatic heterocycles. The first-order chi connectivity index (χ1) is 20.0. The number of halogens is 1. The number of nitrogens with one attached hydrogen (secondary N) is 1. The van der Waals surface area contributed by atoms with Gasteiger partial charge in [0.25, 0.3) is 5.56 Å². The largest absolute Gasteiger partial charge is 0.490 e. The number of rotatable bonds is 9. The molecular weight excluding hydrogens is 592 g/mol. The van der Waals surface area contributed by atoms with Crippen molar-refractivity contribution in [3.63, 3.8) is 0 Å². The normalized spacial score (nSPS) is 12.6. The van der Waals surface area contributed by atoms with Crippen molar-refractivity contribution >= 4 is 50.1 Å². The van der Waals surface area contributed by atoms with Crippen LogP contribution in [-0.4, -0.2) is 63.5 Å². The van der Waals surface area contributed by atoms with Crippen molar-refractivity contribution in [1.82, 2.24) is 19.7 Å². The molecule has 2 radical (unpaired) electrons. The van der Waals surface area contributed by atoms with E-state index in [1.807, 2.05) is 79.7 Å². The first-order valence-corrected chi connectivity index (χ1v) is 14.1. The summed E-state index contributed by atoms with van der Waals surface area (Å²) in [6.45, 7) is 3.99. The molecule has 6 rings (SSSR count). The van der Waals surface area contributed by atoms with Crippen molar-refractivity contribution in [3.8, 4) is 34.0 Å². The van der Waals surface area contributed by atoms with Crippen LogP contribution in [0.3, 0.4) is 0 Å². The molecule has 10 heteroatoms. The maximum atomic E-state index is 13.9. The van der Waals surface area contributed by atoms with Gasteiger partial charge in [-0.05, 0) is 73.6 Å². The molecule has 1 aliphatic carbocycles. The third kappa shape index (κ3) is 7.15. The standard InChI is InChI=1S/C33H32N4O4.Ca.ClH/c1-3-7-30-29(32(38)37(21(2)34-30)24-16-18-26(19-17-24)40-25-8-6-9-25)20-22-12-14-23(15-13-22)27-10-4-5-11-28(27)31-35-33(39)41-36-31;;/h4-5,10-19,25H,3,6-9,20H2,1-2H3,(H,35,36,39);;1H. The van der Waals surface area contributed by atoms with Gasteiger partial charge in [0, 0.05) is 55.3 Å². The van der Waals surface area contributed by atoms with Crippen LogP contribution in [0.5, 0.6) is 5.75 Å². The van der Waals surface area contributed by atoms with E-state index < -0.39 is 5.76 Å². The van der Waals surface area contributed by atoms with Crippen molar-refractivity contribution in [3.05, 3.63) is 116 Å². The van der Waals surface area contributed by atoms with Crippen LogP contribution in [0.25, 0.3) is 28.2 Å². The van der Waals surface area contributed by atoms with E-state index in [0.29, 0.717) is 29.7 Å². The zero-order valence-electron chi connectivity index (χ0n) is 24.3. The molecule has 0 saturated heterocycles. The zero-order chi connectivity index (χ0) is 28.3. The van der Waals surface area contributed by atoms with Crippen LogP contribution in [0.2, 0.25) is 0 Å². The summed E-state index contributed by atoms with van der Waals surface area (Å²) >= 11 is 0. The molecule has 3 aromatic carbocycles. The van der Waals surface area contributed by atoms with Gasteiger partial charge in [-0.1, -0.05) is 67.0 Å². The van der Waals surface area contributed by atoms with Gasteiger partial charge < -0.3 is 4.74 Å². The van der Waals surface area contributed by atoms with Gasteiger partial charge in [-0.15, -0.1) is 12.4 Å². The Morgan fingerprint density at radius 1 is 0.977 bits per heavy atom. The fourth-order valence-electron chi connectivity index (χ4n) is 5.29. The van der Waals surface area contributed by atoms with Crippen molar-refractivity contribution in [2.45, 2.75) is 58.5 Å². The molecule has 43 heavy (non-hydrogen) atoms. The summed E-state index contributed by atoms with van der Waals surface area (Å²) in [6, 6.07) is 23.5. The van der Waals surface area contributed by atoms with Crippen LogP contribution in [0.1, 0.15) is 55.3 Å². The SMILES string of the molecule is CCCc1nc(C)n(-c2ccc(OC3CCC3)cc2)c(=O)c1Cc1ccc(-c2ccccc2-c2noc(=O)[nH]2)cc1.Cl.[Ca]. The molecule has 2 heterocycles. The third-order valence-corrected chi connectivity index (χ3v) is 7.63. The van der Waals surface area contributed by atoms with Gasteiger partial charge in [0.05, 0.1) is 17.5 Å². The van der Waals surface area contributed by atoms with Crippen LogP contribution < -0.4 is 16.1 Å². The number of aromatic amines is 1. The van der Waals surface area contributed by atoms with Gasteiger partial charge in [0.1, 0.15) is 11.6 Å². The van der Waals surface area contributed by atoms with E-state index in [1.54, 1.807) is 4.57 Å². The van der Waals surface area contributed by atoms with Crippen molar-refractivity contribution < 1.29 is 9.26 Å². The molecule has 5 aromatic rings. The molecule has 2 aromatic heterocycles. The monoisotopic (exact) mass is 624 g/mol. The average Bonchev–Trinajstić information content (AvgIpc) is 3.40. The molecule has 0 amide bonds. The van der Waals surface area contributed by atoms with E-state index in [4.69, 9.17) is 14.2 Å². The predicted octanol–water partition coefficient (Wildman–Crippen LogP) is 6.07. The minimum absolute atomic E-state index is 0. The van der Waals surface area contributed by atoms with Gasteiger partial charge in [-0.25, -0.2) is 9.78 Å². The van der Waals surface area contributed by atoms with E-state index in [2.05, 4.69) is 17.1 Å². The molecule has 0 unspecified atom stereocenters. The second-order valence-electron chi connectivity index (χ2n) is 10.5. The number of aryl methyl sites for hydroxylation is 2. The van der Waals surface area contributed by atoms with Crippen LogP contribution in [0.15, 0.2) is 86.9 Å². The van der Waals surface area contributed by atoms with Crippen molar-refractivity contribution in [2.75, 3.05) is 0 Å². The number of aromatic nitrogens is 4. The molecule has 1 aliphatic rings. The number of hydrogen-bond donors (Lipinski definition) is 1. The fourth-order valence-corrected chi connectivity index (χ4v) is 5.29. The van der Waals surface area contributed by atoms with Crippen LogP contribution in [0.4, 0.5) is 0 Å². The molecular formula is C33H33CaClN4O4. The van der Waals surface area contributed by atoms with Crippen molar-refractivity contribution in [1.29, 1.82) is 0 Å². The second kappa shape index (κ2) is 14.5. The van der Waals surface area contributed by atoms with Gasteiger partial charge in [-0.3, -0.25) is 18.9 Å². The first-order valence-electron chi connectivity index (χ1n) is 14.1. The van der Waals surface area contributed by atoms with E-state index in [0.717, 1.165) is 65.1 Å². The summed E-state index contributed by atoms with van der Waals surface area (Å²) in [5.41, 5.74) is 5.95. The topological polar surface area (TPSA) is 103 Å². The number of H-pyrrole nitrogens is 1. The smallest absolute Gasteiger partial charge is 0.439 e. The van der Waals surface area contributed by atoms with Gasteiger partial charge in [-0.2, -0.15) is 0 Å². The zero-order valence-corrected chi connectivity index (χ0v) is 27.4. The molecule has 0 bridgehead atoms. The summed E-state index contributed by atoms with van der Waals surface area (Å²) in [5, 5.41) is 3.85. The first kappa shape index (κ1) is 32.7. The molecule has 218 valence electrons. The number of benzene rings is 3. The minimum atomic E-state index is -0.594. The molecule has 1 N–H and O–H groups in total. The van der Waals surface area contributed by atoms with E-state index in [-0.39, 0.29) is 55.7 Å². The van der Waals surface area contributed by atoms with E-state index >= 15 is 0 Å². The number of nitrogens with zero attached hydrogens (tertiary/aromatic N) is 3. The Morgan fingerprint density at radius 2 is 1.67 bits per heavy atom. The Kier molecular flexibility index (Phi) is 11.1. The van der Waals surface area contributed by atoms with Crippen LogP contribution in [-0.2, 0) is 12.8 Å². The second-order valence-corrected chi connectivity index (χ2v) is 10.5. The molecule has 1 fully saturated rings. The quantitative estimate of drug-likeness (QED) is 0.200. The Balaban J connectivity index is 0.00000212. The van der Waals surface area contributed by atoms with Crippen LogP contribution >= 0.6 is 12.4 Å².